The molecule has 0 spiro atoms. The van der Waals surface area contributed by atoms with Crippen molar-refractivity contribution in [2.24, 2.45) is 5.92 Å². The highest BCUT2D eigenvalue weighted by Gasteiger charge is 2.33. The summed E-state index contributed by atoms with van der Waals surface area (Å²) in [6.07, 6.45) is 5.42. The van der Waals surface area contributed by atoms with E-state index in [-0.39, 0.29) is 11.8 Å². The van der Waals surface area contributed by atoms with E-state index >= 15 is 0 Å². The molecule has 7 heteroatoms. The fourth-order valence-corrected chi connectivity index (χ4v) is 5.56. The Kier molecular flexibility index (Phi) is 5.87. The van der Waals surface area contributed by atoms with Crippen LogP contribution in [0.5, 0.6) is 5.75 Å². The molecule has 26 heavy (non-hydrogen) atoms. The van der Waals surface area contributed by atoms with E-state index < -0.39 is 10.0 Å². The molecule has 3 rings (SSSR count). The Bertz CT molecular complexity index is 749. The summed E-state index contributed by atoms with van der Waals surface area (Å²) in [5, 5.41) is 0. The quantitative estimate of drug-likeness (QED) is 0.805. The van der Waals surface area contributed by atoms with Crippen LogP contribution in [0.2, 0.25) is 0 Å². The van der Waals surface area contributed by atoms with Gasteiger partial charge in [-0.2, -0.15) is 4.31 Å². The molecule has 1 aliphatic heterocycles. The summed E-state index contributed by atoms with van der Waals surface area (Å²) in [5.41, 5.74) is 0.671. The van der Waals surface area contributed by atoms with Crippen LogP contribution in [0.25, 0.3) is 0 Å². The Labute approximate surface area is 156 Å². The lowest BCUT2D eigenvalue weighted by Crippen LogP contribution is -2.52. The average molecular weight is 381 g/mol. The summed E-state index contributed by atoms with van der Waals surface area (Å²) in [5.74, 6) is 0.988. The topological polar surface area (TPSA) is 66.9 Å². The number of aryl methyl sites for hydroxylation is 1. The highest BCUT2D eigenvalue weighted by Crippen LogP contribution is 2.27. The van der Waals surface area contributed by atoms with E-state index in [1.54, 1.807) is 32.2 Å². The maximum absolute atomic E-state index is 13.0. The van der Waals surface area contributed by atoms with Crippen molar-refractivity contribution < 1.29 is 17.9 Å². The maximum atomic E-state index is 13.0. The van der Waals surface area contributed by atoms with Gasteiger partial charge in [-0.15, -0.1) is 0 Å². The molecule has 0 radical (unpaired) electrons. The number of carbonyl (C=O) groups is 1. The molecule has 2 aliphatic rings. The van der Waals surface area contributed by atoms with Crippen LogP contribution in [-0.4, -0.2) is 56.8 Å². The molecule has 1 aromatic rings. The molecule has 2 fully saturated rings. The lowest BCUT2D eigenvalue weighted by atomic mass is 9.88. The van der Waals surface area contributed by atoms with Gasteiger partial charge in [0, 0.05) is 32.1 Å². The molecule has 1 aromatic carbocycles. The van der Waals surface area contributed by atoms with E-state index in [2.05, 4.69) is 0 Å². The van der Waals surface area contributed by atoms with Gasteiger partial charge in [-0.05, 0) is 43.5 Å². The van der Waals surface area contributed by atoms with Crippen molar-refractivity contribution in [1.82, 2.24) is 9.21 Å². The highest BCUT2D eigenvalue weighted by molar-refractivity contribution is 7.89. The third-order valence-corrected chi connectivity index (χ3v) is 7.56. The number of hydrogen-bond donors (Lipinski definition) is 0. The fourth-order valence-electron chi connectivity index (χ4n) is 3.93. The molecular weight excluding hydrogens is 352 g/mol. The van der Waals surface area contributed by atoms with Crippen molar-refractivity contribution in [2.75, 3.05) is 33.3 Å². The number of sulfonamides is 1. The molecule has 0 N–H and O–H groups in total. The zero-order valence-corrected chi connectivity index (χ0v) is 16.4. The van der Waals surface area contributed by atoms with Gasteiger partial charge in [0.2, 0.25) is 15.9 Å². The van der Waals surface area contributed by atoms with E-state index in [1.165, 1.54) is 10.7 Å². The van der Waals surface area contributed by atoms with Crippen molar-refractivity contribution in [3.05, 3.63) is 23.8 Å². The lowest BCUT2D eigenvalue weighted by molar-refractivity contribution is -0.137. The fraction of sp³-hybridized carbons (Fsp3) is 0.632. The minimum Gasteiger partial charge on any atom is -0.497 e. The van der Waals surface area contributed by atoms with E-state index in [0.29, 0.717) is 42.4 Å². The number of rotatable bonds is 4. The van der Waals surface area contributed by atoms with Gasteiger partial charge in [0.25, 0.3) is 0 Å². The number of piperazine rings is 1. The largest absolute Gasteiger partial charge is 0.497 e. The SMILES string of the molecule is COc1ccc(S(=O)(=O)N2CCN(C(=O)C3CCCCC3)CC2)c(C)c1. The summed E-state index contributed by atoms with van der Waals surface area (Å²) >= 11 is 0. The second-order valence-corrected chi connectivity index (χ2v) is 9.10. The first-order chi connectivity index (χ1) is 12.4. The summed E-state index contributed by atoms with van der Waals surface area (Å²) in [7, 11) is -1.99. The Balaban J connectivity index is 1.66. The Hall–Kier alpha value is -1.60. The summed E-state index contributed by atoms with van der Waals surface area (Å²) in [6, 6.07) is 5.00. The number of carbonyl (C=O) groups excluding carboxylic acids is 1. The minimum atomic E-state index is -3.55. The molecule has 0 bridgehead atoms. The van der Waals surface area contributed by atoms with Gasteiger partial charge >= 0.3 is 0 Å². The number of ether oxygens (including phenoxy) is 1. The first-order valence-electron chi connectivity index (χ1n) is 9.37. The van der Waals surface area contributed by atoms with Crippen LogP contribution < -0.4 is 4.74 Å². The summed E-state index contributed by atoms with van der Waals surface area (Å²) in [4.78, 5) is 14.8. The van der Waals surface area contributed by atoms with Gasteiger partial charge in [0.1, 0.15) is 5.75 Å². The van der Waals surface area contributed by atoms with Crippen LogP contribution >= 0.6 is 0 Å². The van der Waals surface area contributed by atoms with Crippen LogP contribution in [0.15, 0.2) is 23.1 Å². The number of hydrogen-bond acceptors (Lipinski definition) is 4. The van der Waals surface area contributed by atoms with E-state index in [4.69, 9.17) is 4.74 Å². The number of amides is 1. The van der Waals surface area contributed by atoms with Gasteiger partial charge in [-0.3, -0.25) is 4.79 Å². The molecule has 144 valence electrons. The van der Waals surface area contributed by atoms with Crippen molar-refractivity contribution in [1.29, 1.82) is 0 Å². The van der Waals surface area contributed by atoms with Gasteiger partial charge in [-0.1, -0.05) is 19.3 Å². The number of benzene rings is 1. The van der Waals surface area contributed by atoms with Gasteiger partial charge in [-0.25, -0.2) is 8.42 Å². The monoisotopic (exact) mass is 380 g/mol. The lowest BCUT2D eigenvalue weighted by Gasteiger charge is -2.36. The predicted octanol–water partition coefficient (Wildman–Crippen LogP) is 2.42. The smallest absolute Gasteiger partial charge is 0.243 e. The maximum Gasteiger partial charge on any atom is 0.243 e. The third kappa shape index (κ3) is 3.88. The molecular formula is C19H28N2O4S. The Morgan fingerprint density at radius 2 is 1.73 bits per heavy atom. The minimum absolute atomic E-state index is 0.135. The van der Waals surface area contributed by atoms with Crippen LogP contribution in [0.1, 0.15) is 37.7 Å². The zero-order chi connectivity index (χ0) is 18.7. The molecule has 1 aliphatic carbocycles. The van der Waals surface area contributed by atoms with Crippen molar-refractivity contribution in [2.45, 2.75) is 43.9 Å². The van der Waals surface area contributed by atoms with Crippen LogP contribution in [-0.2, 0) is 14.8 Å². The van der Waals surface area contributed by atoms with Gasteiger partial charge < -0.3 is 9.64 Å². The Morgan fingerprint density at radius 1 is 1.08 bits per heavy atom. The molecule has 1 heterocycles. The highest BCUT2D eigenvalue weighted by atomic mass is 32.2. The van der Waals surface area contributed by atoms with E-state index in [1.807, 2.05) is 4.90 Å². The third-order valence-electron chi connectivity index (χ3n) is 5.50. The van der Waals surface area contributed by atoms with Crippen LogP contribution in [0.3, 0.4) is 0 Å². The molecule has 6 nitrogen and oxygen atoms in total. The summed E-state index contributed by atoms with van der Waals surface area (Å²) in [6.45, 7) is 3.43. The second kappa shape index (κ2) is 7.96. The van der Waals surface area contributed by atoms with Gasteiger partial charge in [0.05, 0.1) is 12.0 Å². The van der Waals surface area contributed by atoms with Crippen molar-refractivity contribution in [3.63, 3.8) is 0 Å². The number of methoxy groups -OCH3 is 1. The van der Waals surface area contributed by atoms with Crippen molar-refractivity contribution >= 4 is 15.9 Å². The zero-order valence-electron chi connectivity index (χ0n) is 15.6. The number of nitrogens with zero attached hydrogens (tertiary/aromatic N) is 2. The van der Waals surface area contributed by atoms with Crippen LogP contribution in [0.4, 0.5) is 0 Å². The molecule has 0 atom stereocenters. The van der Waals surface area contributed by atoms with E-state index in [9.17, 15) is 13.2 Å². The molecule has 1 saturated heterocycles. The predicted molar refractivity (Wildman–Crippen MR) is 99.6 cm³/mol. The normalized spacial score (nSPS) is 20.2. The Morgan fingerprint density at radius 3 is 2.31 bits per heavy atom. The van der Waals surface area contributed by atoms with Crippen LogP contribution in [0, 0.1) is 12.8 Å². The van der Waals surface area contributed by atoms with Crippen molar-refractivity contribution in [3.8, 4) is 5.75 Å². The van der Waals surface area contributed by atoms with E-state index in [0.717, 1.165) is 25.7 Å². The first kappa shape index (κ1) is 19.2. The summed E-state index contributed by atoms with van der Waals surface area (Å²) < 4.78 is 32.6. The first-order valence-corrected chi connectivity index (χ1v) is 10.8. The second-order valence-electron chi connectivity index (χ2n) is 7.20. The standard InChI is InChI=1S/C19H28N2O4S/c1-15-14-17(25-2)8-9-18(15)26(23,24)21-12-10-20(11-13-21)19(22)16-6-4-3-5-7-16/h8-9,14,16H,3-7,10-13H2,1-2H3. The average Bonchev–Trinajstić information content (AvgIpc) is 2.67. The molecule has 1 amide bonds. The molecule has 1 saturated carbocycles. The van der Waals surface area contributed by atoms with Gasteiger partial charge in [0.15, 0.2) is 0 Å². The molecule has 0 aromatic heterocycles. The molecule has 0 unspecified atom stereocenters.